The van der Waals surface area contributed by atoms with Gasteiger partial charge in [-0.25, -0.2) is 0 Å². The van der Waals surface area contributed by atoms with Gasteiger partial charge in [0.1, 0.15) is 0 Å². The largest absolute Gasteiger partial charge is 0.399 e. The van der Waals surface area contributed by atoms with Gasteiger partial charge in [0, 0.05) is 24.5 Å². The van der Waals surface area contributed by atoms with Gasteiger partial charge in [-0.2, -0.15) is 0 Å². The van der Waals surface area contributed by atoms with E-state index in [1.165, 1.54) is 0 Å². The second-order valence-corrected chi connectivity index (χ2v) is 5.16. The topological polar surface area (TPSA) is 101 Å². The maximum absolute atomic E-state index is 11.3. The maximum atomic E-state index is 11.3. The molecular formula is C13H21N3O2. The summed E-state index contributed by atoms with van der Waals surface area (Å²) >= 11 is 0. The Labute approximate surface area is 107 Å². The van der Waals surface area contributed by atoms with Crippen molar-refractivity contribution in [1.82, 2.24) is 0 Å². The van der Waals surface area contributed by atoms with Crippen LogP contribution in [-0.4, -0.2) is 24.2 Å². The summed E-state index contributed by atoms with van der Waals surface area (Å²) in [7, 11) is 0. The van der Waals surface area contributed by atoms with E-state index in [0.717, 1.165) is 0 Å². The third-order valence-corrected chi connectivity index (χ3v) is 2.86. The second-order valence-electron chi connectivity index (χ2n) is 5.16. The predicted molar refractivity (Wildman–Crippen MR) is 73.3 cm³/mol. The van der Waals surface area contributed by atoms with E-state index in [-0.39, 0.29) is 12.0 Å². The van der Waals surface area contributed by atoms with Gasteiger partial charge in [0.25, 0.3) is 5.91 Å². The zero-order valence-corrected chi connectivity index (χ0v) is 10.9. The first-order chi connectivity index (χ1) is 8.35. The molecule has 0 radical (unpaired) electrons. The first-order valence-corrected chi connectivity index (χ1v) is 5.90. The molecule has 0 aliphatic heterocycles. The standard InChI is InChI=1S/C13H21N3O2/c1-13(2,5-6-17)8-16-11-7-9(14)3-4-10(11)12(15)18/h3-4,7,16-17H,5-6,8,14H2,1-2H3,(H2,15,18). The number of hydrogen-bond acceptors (Lipinski definition) is 4. The molecule has 0 fully saturated rings. The number of hydrogen-bond donors (Lipinski definition) is 4. The van der Waals surface area contributed by atoms with Gasteiger partial charge >= 0.3 is 0 Å². The quantitative estimate of drug-likeness (QED) is 0.570. The molecular weight excluding hydrogens is 230 g/mol. The smallest absolute Gasteiger partial charge is 0.250 e. The molecule has 0 atom stereocenters. The molecule has 0 spiro atoms. The van der Waals surface area contributed by atoms with Crippen LogP contribution < -0.4 is 16.8 Å². The number of nitrogen functional groups attached to an aromatic ring is 1. The van der Waals surface area contributed by atoms with Crippen LogP contribution in [0, 0.1) is 5.41 Å². The highest BCUT2D eigenvalue weighted by Gasteiger charge is 2.18. The first-order valence-electron chi connectivity index (χ1n) is 5.90. The molecule has 1 aromatic carbocycles. The summed E-state index contributed by atoms with van der Waals surface area (Å²) in [5.74, 6) is -0.488. The van der Waals surface area contributed by atoms with Crippen LogP contribution in [0.15, 0.2) is 18.2 Å². The van der Waals surface area contributed by atoms with Crippen LogP contribution in [0.25, 0.3) is 0 Å². The molecule has 0 bridgehead atoms. The van der Waals surface area contributed by atoms with E-state index in [1.807, 2.05) is 13.8 Å². The van der Waals surface area contributed by atoms with Crippen LogP contribution in [0.2, 0.25) is 0 Å². The predicted octanol–water partition coefficient (Wildman–Crippen LogP) is 1.19. The van der Waals surface area contributed by atoms with E-state index < -0.39 is 5.91 Å². The number of primary amides is 1. The SMILES string of the molecule is CC(C)(CCO)CNc1cc(N)ccc1C(N)=O. The number of amides is 1. The average molecular weight is 251 g/mol. The van der Waals surface area contributed by atoms with E-state index in [0.29, 0.717) is 29.9 Å². The minimum absolute atomic E-state index is 0.0751. The lowest BCUT2D eigenvalue weighted by atomic mass is 9.89. The molecule has 5 heteroatoms. The number of anilines is 2. The Morgan fingerprint density at radius 2 is 2.11 bits per heavy atom. The van der Waals surface area contributed by atoms with Gasteiger partial charge in [0.2, 0.25) is 0 Å². The normalized spacial score (nSPS) is 11.3. The fraction of sp³-hybridized carbons (Fsp3) is 0.462. The summed E-state index contributed by atoms with van der Waals surface area (Å²) in [4.78, 5) is 11.3. The minimum atomic E-state index is -0.488. The van der Waals surface area contributed by atoms with Crippen LogP contribution in [-0.2, 0) is 0 Å². The van der Waals surface area contributed by atoms with Crippen LogP contribution in [0.1, 0.15) is 30.6 Å². The third kappa shape index (κ3) is 3.92. The average Bonchev–Trinajstić information content (AvgIpc) is 2.26. The van der Waals surface area contributed by atoms with Crippen molar-refractivity contribution >= 4 is 17.3 Å². The molecule has 0 aliphatic rings. The molecule has 6 N–H and O–H groups in total. The van der Waals surface area contributed by atoms with E-state index in [9.17, 15) is 4.79 Å². The van der Waals surface area contributed by atoms with Crippen molar-refractivity contribution in [3.05, 3.63) is 23.8 Å². The van der Waals surface area contributed by atoms with Crippen LogP contribution in [0.4, 0.5) is 11.4 Å². The zero-order valence-electron chi connectivity index (χ0n) is 10.9. The number of benzene rings is 1. The Morgan fingerprint density at radius 1 is 1.44 bits per heavy atom. The van der Waals surface area contributed by atoms with Crippen molar-refractivity contribution in [3.63, 3.8) is 0 Å². The van der Waals surface area contributed by atoms with Gasteiger partial charge in [-0.05, 0) is 30.0 Å². The highest BCUT2D eigenvalue weighted by Crippen LogP contribution is 2.24. The van der Waals surface area contributed by atoms with Gasteiger partial charge in [-0.3, -0.25) is 4.79 Å². The lowest BCUT2D eigenvalue weighted by Crippen LogP contribution is -2.25. The van der Waals surface area contributed by atoms with E-state index in [1.54, 1.807) is 18.2 Å². The summed E-state index contributed by atoms with van der Waals surface area (Å²) in [5, 5.41) is 12.1. The van der Waals surface area contributed by atoms with E-state index in [4.69, 9.17) is 16.6 Å². The second kappa shape index (κ2) is 5.73. The molecule has 0 saturated carbocycles. The number of aliphatic hydroxyl groups is 1. The van der Waals surface area contributed by atoms with Crippen molar-refractivity contribution < 1.29 is 9.90 Å². The highest BCUT2D eigenvalue weighted by atomic mass is 16.3. The molecule has 0 saturated heterocycles. The Balaban J connectivity index is 2.83. The Morgan fingerprint density at radius 3 is 2.67 bits per heavy atom. The van der Waals surface area contributed by atoms with Gasteiger partial charge < -0.3 is 21.9 Å². The molecule has 1 aromatic rings. The van der Waals surface area contributed by atoms with Gasteiger partial charge in [0.05, 0.1) is 5.56 Å². The van der Waals surface area contributed by atoms with Crippen molar-refractivity contribution in [3.8, 4) is 0 Å². The Bertz CT molecular complexity index is 430. The summed E-state index contributed by atoms with van der Waals surface area (Å²) in [6.45, 7) is 4.82. The number of rotatable bonds is 6. The molecule has 100 valence electrons. The minimum Gasteiger partial charge on any atom is -0.399 e. The summed E-state index contributed by atoms with van der Waals surface area (Å²) < 4.78 is 0. The zero-order chi connectivity index (χ0) is 13.8. The lowest BCUT2D eigenvalue weighted by Gasteiger charge is -2.25. The first kappa shape index (κ1) is 14.3. The lowest BCUT2D eigenvalue weighted by molar-refractivity contribution is 0.100. The van der Waals surface area contributed by atoms with Crippen LogP contribution in [0.5, 0.6) is 0 Å². The van der Waals surface area contributed by atoms with Crippen LogP contribution in [0.3, 0.4) is 0 Å². The fourth-order valence-electron chi connectivity index (χ4n) is 1.65. The monoisotopic (exact) mass is 251 g/mol. The fourth-order valence-corrected chi connectivity index (χ4v) is 1.65. The van der Waals surface area contributed by atoms with Crippen molar-refractivity contribution in [2.24, 2.45) is 11.1 Å². The summed E-state index contributed by atoms with van der Waals surface area (Å²) in [6, 6.07) is 4.94. The number of nitrogens with two attached hydrogens (primary N) is 2. The molecule has 0 unspecified atom stereocenters. The van der Waals surface area contributed by atoms with Crippen molar-refractivity contribution in [1.29, 1.82) is 0 Å². The number of nitrogens with one attached hydrogen (secondary N) is 1. The highest BCUT2D eigenvalue weighted by molar-refractivity contribution is 5.99. The van der Waals surface area contributed by atoms with Crippen molar-refractivity contribution in [2.75, 3.05) is 24.2 Å². The number of aliphatic hydroxyl groups excluding tert-OH is 1. The Hall–Kier alpha value is -1.75. The van der Waals surface area contributed by atoms with Crippen LogP contribution >= 0.6 is 0 Å². The Kier molecular flexibility index (Phi) is 4.55. The molecule has 0 heterocycles. The van der Waals surface area contributed by atoms with Gasteiger partial charge in [0.15, 0.2) is 0 Å². The number of carbonyl (C=O) groups excluding carboxylic acids is 1. The summed E-state index contributed by atoms with van der Waals surface area (Å²) in [6.07, 6.45) is 0.675. The molecule has 0 aliphatic carbocycles. The third-order valence-electron chi connectivity index (χ3n) is 2.86. The number of carbonyl (C=O) groups is 1. The molecule has 18 heavy (non-hydrogen) atoms. The molecule has 0 aromatic heterocycles. The molecule has 1 rings (SSSR count). The van der Waals surface area contributed by atoms with E-state index in [2.05, 4.69) is 5.32 Å². The van der Waals surface area contributed by atoms with E-state index >= 15 is 0 Å². The molecule has 1 amide bonds. The van der Waals surface area contributed by atoms with Crippen molar-refractivity contribution in [2.45, 2.75) is 20.3 Å². The van der Waals surface area contributed by atoms with Gasteiger partial charge in [-0.1, -0.05) is 13.8 Å². The molecule has 5 nitrogen and oxygen atoms in total. The van der Waals surface area contributed by atoms with Gasteiger partial charge in [-0.15, -0.1) is 0 Å². The summed E-state index contributed by atoms with van der Waals surface area (Å²) in [5.41, 5.74) is 12.5. The maximum Gasteiger partial charge on any atom is 0.250 e.